The summed E-state index contributed by atoms with van der Waals surface area (Å²) in [5.41, 5.74) is 6.21. The van der Waals surface area contributed by atoms with E-state index in [0.29, 0.717) is 0 Å². The maximum atomic E-state index is 12.8. The van der Waals surface area contributed by atoms with Gasteiger partial charge in [0.2, 0.25) is 0 Å². The van der Waals surface area contributed by atoms with E-state index in [1.54, 1.807) is 0 Å². The molecule has 0 saturated carbocycles. The maximum Gasteiger partial charge on any atom is 0.573 e. The van der Waals surface area contributed by atoms with Crippen molar-refractivity contribution in [1.82, 2.24) is 4.98 Å². The number of hydrogen-bond donors (Lipinski definition) is 1. The molecule has 0 spiro atoms. The summed E-state index contributed by atoms with van der Waals surface area (Å²) in [5.74, 6) is -0.959. The number of ether oxygens (including phenoxy) is 1. The third kappa shape index (κ3) is 3.45. The van der Waals surface area contributed by atoms with E-state index in [2.05, 4.69) is 9.72 Å². The highest BCUT2D eigenvalue weighted by atomic mass is 19.4. The third-order valence-corrected chi connectivity index (χ3v) is 2.55. The van der Waals surface area contributed by atoms with Crippen LogP contribution in [0.2, 0.25) is 0 Å². The lowest BCUT2D eigenvalue weighted by Crippen LogP contribution is -2.21. The van der Waals surface area contributed by atoms with Crippen molar-refractivity contribution in [2.24, 2.45) is 5.73 Å². The molecule has 106 valence electrons. The molecule has 1 aromatic carbocycles. The number of halogens is 4. The fourth-order valence-corrected chi connectivity index (χ4v) is 1.69. The molecule has 2 N–H and O–H groups in total. The first kappa shape index (κ1) is 14.3. The molecule has 1 heterocycles. The van der Waals surface area contributed by atoms with Crippen LogP contribution < -0.4 is 10.5 Å². The molecule has 0 fully saturated rings. The van der Waals surface area contributed by atoms with E-state index in [4.69, 9.17) is 5.73 Å². The summed E-state index contributed by atoms with van der Waals surface area (Å²) >= 11 is 0. The van der Waals surface area contributed by atoms with Crippen molar-refractivity contribution in [3.8, 4) is 5.75 Å². The topological polar surface area (TPSA) is 48.1 Å². The number of alkyl halides is 3. The molecule has 0 aliphatic rings. The highest BCUT2D eigenvalue weighted by molar-refractivity contribution is 5.39. The van der Waals surface area contributed by atoms with Gasteiger partial charge in [0.15, 0.2) is 0 Å². The molecule has 1 aromatic heterocycles. The van der Waals surface area contributed by atoms with Crippen LogP contribution >= 0.6 is 0 Å². The van der Waals surface area contributed by atoms with Gasteiger partial charge in [-0.15, -0.1) is 13.2 Å². The van der Waals surface area contributed by atoms with Crippen molar-refractivity contribution in [2.45, 2.75) is 12.4 Å². The summed E-state index contributed by atoms with van der Waals surface area (Å²) in [6.45, 7) is 0. The van der Waals surface area contributed by atoms with Gasteiger partial charge in [0.05, 0.1) is 17.9 Å². The van der Waals surface area contributed by atoms with Crippen molar-refractivity contribution < 1.29 is 22.3 Å². The monoisotopic (exact) mass is 286 g/mol. The molecule has 1 unspecified atom stereocenters. The van der Waals surface area contributed by atoms with Crippen LogP contribution in [0.1, 0.15) is 17.3 Å². The summed E-state index contributed by atoms with van der Waals surface area (Å²) in [5, 5.41) is 0. The summed E-state index contributed by atoms with van der Waals surface area (Å²) in [7, 11) is 0. The predicted molar refractivity (Wildman–Crippen MR) is 63.4 cm³/mol. The quantitative estimate of drug-likeness (QED) is 0.882. The molecule has 7 heteroatoms. The van der Waals surface area contributed by atoms with Gasteiger partial charge in [-0.1, -0.05) is 18.2 Å². The number of nitrogens with two attached hydrogens (primary N) is 1. The average Bonchev–Trinajstić information content (AvgIpc) is 2.37. The van der Waals surface area contributed by atoms with Crippen molar-refractivity contribution in [3.05, 3.63) is 59.7 Å². The minimum absolute atomic E-state index is 0.115. The normalized spacial score (nSPS) is 13.1. The lowest BCUT2D eigenvalue weighted by molar-refractivity contribution is -0.274. The van der Waals surface area contributed by atoms with Crippen molar-refractivity contribution in [3.63, 3.8) is 0 Å². The molecular formula is C13H10F4N2O. The van der Waals surface area contributed by atoms with Gasteiger partial charge in [0.25, 0.3) is 0 Å². The first-order valence-corrected chi connectivity index (χ1v) is 5.58. The van der Waals surface area contributed by atoms with Gasteiger partial charge in [0, 0.05) is 5.56 Å². The largest absolute Gasteiger partial charge is 0.573 e. The second-order valence-corrected chi connectivity index (χ2v) is 3.96. The zero-order valence-electron chi connectivity index (χ0n) is 10.1. The maximum absolute atomic E-state index is 12.8. The van der Waals surface area contributed by atoms with E-state index in [1.165, 1.54) is 24.3 Å². The number of aromatic nitrogens is 1. The van der Waals surface area contributed by atoms with Crippen LogP contribution in [0.25, 0.3) is 0 Å². The lowest BCUT2D eigenvalue weighted by Gasteiger charge is -2.17. The van der Waals surface area contributed by atoms with Gasteiger partial charge in [-0.3, -0.25) is 4.98 Å². The highest BCUT2D eigenvalue weighted by Crippen LogP contribution is 2.31. The van der Waals surface area contributed by atoms with Gasteiger partial charge in [-0.25, -0.2) is 4.39 Å². The third-order valence-electron chi connectivity index (χ3n) is 2.55. The summed E-state index contributed by atoms with van der Waals surface area (Å²) in [6, 6.07) is 6.98. The molecule has 0 saturated heterocycles. The lowest BCUT2D eigenvalue weighted by atomic mass is 10.0. The molecule has 3 nitrogen and oxygen atoms in total. The molecule has 2 aromatic rings. The first-order chi connectivity index (χ1) is 9.37. The van der Waals surface area contributed by atoms with E-state index < -0.39 is 24.0 Å². The van der Waals surface area contributed by atoms with Crippen molar-refractivity contribution in [1.29, 1.82) is 0 Å². The minimum Gasteiger partial charge on any atom is -0.405 e. The molecule has 0 radical (unpaired) electrons. The van der Waals surface area contributed by atoms with Crippen LogP contribution in [-0.4, -0.2) is 11.3 Å². The minimum atomic E-state index is -4.81. The van der Waals surface area contributed by atoms with Crippen molar-refractivity contribution in [2.75, 3.05) is 0 Å². The Morgan fingerprint density at radius 1 is 1.10 bits per heavy atom. The molecule has 0 amide bonds. The van der Waals surface area contributed by atoms with Crippen LogP contribution in [0.3, 0.4) is 0 Å². The van der Waals surface area contributed by atoms with Crippen LogP contribution in [0.5, 0.6) is 5.75 Å². The smallest absolute Gasteiger partial charge is 0.405 e. The van der Waals surface area contributed by atoms with Crippen LogP contribution in [0.4, 0.5) is 17.6 Å². The molecular weight excluding hydrogens is 276 g/mol. The molecule has 0 bridgehead atoms. The van der Waals surface area contributed by atoms with Crippen molar-refractivity contribution >= 4 is 0 Å². The number of benzene rings is 1. The standard InChI is InChI=1S/C13H10F4N2O/c14-8-5-6-10(19-7-8)12(18)9-3-1-2-4-11(9)20-13(15,16)17/h1-7,12H,18H2. The molecule has 20 heavy (non-hydrogen) atoms. The van der Waals surface area contributed by atoms with E-state index in [9.17, 15) is 17.6 Å². The Labute approximate surface area is 112 Å². The Morgan fingerprint density at radius 3 is 2.40 bits per heavy atom. The first-order valence-electron chi connectivity index (χ1n) is 5.58. The molecule has 2 rings (SSSR count). The fourth-order valence-electron chi connectivity index (χ4n) is 1.69. The Kier molecular flexibility index (Phi) is 3.89. The molecule has 1 atom stereocenters. The number of hydrogen-bond acceptors (Lipinski definition) is 3. The Morgan fingerprint density at radius 2 is 1.80 bits per heavy atom. The van der Waals surface area contributed by atoms with Gasteiger partial charge in [-0.2, -0.15) is 0 Å². The van der Waals surface area contributed by atoms with E-state index in [1.807, 2.05) is 0 Å². The number of nitrogens with zero attached hydrogens (tertiary/aromatic N) is 1. The van der Waals surface area contributed by atoms with Crippen LogP contribution in [0, 0.1) is 5.82 Å². The average molecular weight is 286 g/mol. The Hall–Kier alpha value is -2.15. The summed E-state index contributed by atoms with van der Waals surface area (Å²) in [6.07, 6.45) is -3.87. The van der Waals surface area contributed by atoms with Gasteiger partial charge < -0.3 is 10.5 Å². The Balaban J connectivity index is 2.34. The molecule has 0 aliphatic heterocycles. The number of rotatable bonds is 3. The summed E-state index contributed by atoms with van der Waals surface area (Å²) < 4.78 is 53.6. The zero-order chi connectivity index (χ0) is 14.8. The second kappa shape index (κ2) is 5.46. The SMILES string of the molecule is NC(c1ccc(F)cn1)c1ccccc1OC(F)(F)F. The predicted octanol–water partition coefficient (Wildman–Crippen LogP) is 3.17. The molecule has 0 aliphatic carbocycles. The number of pyridine rings is 1. The zero-order valence-corrected chi connectivity index (χ0v) is 10.1. The fraction of sp³-hybridized carbons (Fsp3) is 0.154. The van der Waals surface area contributed by atoms with E-state index in [0.717, 1.165) is 18.3 Å². The van der Waals surface area contributed by atoms with Crippen LogP contribution in [-0.2, 0) is 0 Å². The van der Waals surface area contributed by atoms with Gasteiger partial charge >= 0.3 is 6.36 Å². The Bertz CT molecular complexity index is 584. The van der Waals surface area contributed by atoms with Gasteiger partial charge in [0.1, 0.15) is 11.6 Å². The van der Waals surface area contributed by atoms with Crippen LogP contribution in [0.15, 0.2) is 42.6 Å². The van der Waals surface area contributed by atoms with Gasteiger partial charge in [-0.05, 0) is 18.2 Å². The van der Waals surface area contributed by atoms with E-state index >= 15 is 0 Å². The number of para-hydroxylation sites is 1. The second-order valence-electron chi connectivity index (χ2n) is 3.96. The highest BCUT2D eigenvalue weighted by Gasteiger charge is 2.32. The van der Waals surface area contributed by atoms with E-state index in [-0.39, 0.29) is 11.3 Å². The summed E-state index contributed by atoms with van der Waals surface area (Å²) in [4.78, 5) is 3.76.